The van der Waals surface area contributed by atoms with Crippen molar-refractivity contribution >= 4 is 12.0 Å². The Balaban J connectivity index is 2.30. The minimum atomic E-state index is -0.343. The van der Waals surface area contributed by atoms with E-state index in [9.17, 15) is 4.79 Å². The Kier molecular flexibility index (Phi) is 2.54. The van der Waals surface area contributed by atoms with Crippen molar-refractivity contribution in [2.24, 2.45) is 0 Å². The number of carbonyl (C=O) groups is 1. The monoisotopic (exact) mass is 201 g/mol. The molecule has 1 aliphatic heterocycles. The van der Waals surface area contributed by atoms with Gasteiger partial charge in [0, 0.05) is 23.5 Å². The van der Waals surface area contributed by atoms with E-state index in [1.165, 1.54) is 13.2 Å². The molecule has 0 bridgehead atoms. The van der Waals surface area contributed by atoms with E-state index in [-0.39, 0.29) is 5.97 Å². The average Bonchev–Trinajstić information content (AvgIpc) is 2.69. The largest absolute Gasteiger partial charge is 0.466 e. The number of fused-ring (bicyclic) bond motifs is 1. The van der Waals surface area contributed by atoms with Crippen LogP contribution < -0.4 is 0 Å². The molecule has 15 heavy (non-hydrogen) atoms. The Morgan fingerprint density at radius 2 is 2.27 bits per heavy atom. The van der Waals surface area contributed by atoms with Crippen LogP contribution in [0.25, 0.3) is 17.3 Å². The summed E-state index contributed by atoms with van der Waals surface area (Å²) >= 11 is 0. The minimum Gasteiger partial charge on any atom is -0.466 e. The summed E-state index contributed by atoms with van der Waals surface area (Å²) in [5.74, 6) is -0.343. The molecule has 3 heteroatoms. The summed E-state index contributed by atoms with van der Waals surface area (Å²) in [6.07, 6.45) is 5.04. The highest BCUT2D eigenvalue weighted by molar-refractivity contribution is 5.89. The maximum absolute atomic E-state index is 10.9. The summed E-state index contributed by atoms with van der Waals surface area (Å²) in [5.41, 5.74) is 3.16. The summed E-state index contributed by atoms with van der Waals surface area (Å²) < 4.78 is 4.53. The molecule has 0 spiro atoms. The van der Waals surface area contributed by atoms with E-state index in [0.29, 0.717) is 0 Å². The van der Waals surface area contributed by atoms with Gasteiger partial charge in [0.1, 0.15) is 0 Å². The molecule has 0 aromatic rings. The molecule has 0 fully saturated rings. The van der Waals surface area contributed by atoms with E-state index < -0.39 is 0 Å². The van der Waals surface area contributed by atoms with Gasteiger partial charge in [-0.25, -0.2) is 4.79 Å². The van der Waals surface area contributed by atoms with Gasteiger partial charge in [-0.3, -0.25) is 0 Å². The van der Waals surface area contributed by atoms with Crippen LogP contribution in [-0.4, -0.2) is 18.1 Å². The number of nitrogens with one attached hydrogen (secondary N) is 1. The Labute approximate surface area is 87.7 Å². The molecule has 0 saturated carbocycles. The van der Waals surface area contributed by atoms with Gasteiger partial charge >= 0.3 is 5.97 Å². The number of pyridine rings is 1. The number of esters is 1. The molecule has 0 aromatic heterocycles. The zero-order valence-electron chi connectivity index (χ0n) is 8.36. The van der Waals surface area contributed by atoms with Crippen LogP contribution in [0.4, 0.5) is 0 Å². The molecular weight excluding hydrogens is 190 g/mol. The molecule has 0 radical (unpaired) electrons. The molecule has 1 N–H and O–H groups in total. The number of H-pyrrole nitrogens is 1. The summed E-state index contributed by atoms with van der Waals surface area (Å²) in [4.78, 5) is 14.0. The number of hydrogen-bond acceptors (Lipinski definition) is 2. The van der Waals surface area contributed by atoms with Crippen molar-refractivity contribution in [3.8, 4) is 11.3 Å². The van der Waals surface area contributed by atoms with Gasteiger partial charge in [0.05, 0.1) is 7.11 Å². The molecule has 3 nitrogen and oxygen atoms in total. The number of methoxy groups -OCH3 is 1. The first-order valence-electron chi connectivity index (χ1n) is 4.63. The number of carbonyl (C=O) groups excluding carboxylic acids is 1. The van der Waals surface area contributed by atoms with Crippen molar-refractivity contribution < 1.29 is 9.53 Å². The zero-order valence-corrected chi connectivity index (χ0v) is 8.36. The van der Waals surface area contributed by atoms with Crippen molar-refractivity contribution in [3.63, 3.8) is 0 Å². The van der Waals surface area contributed by atoms with Crippen LogP contribution in [0.5, 0.6) is 0 Å². The number of hydrogen-bond donors (Lipinski definition) is 1. The van der Waals surface area contributed by atoms with Crippen molar-refractivity contribution in [2.75, 3.05) is 7.11 Å². The van der Waals surface area contributed by atoms with Gasteiger partial charge in [0.15, 0.2) is 0 Å². The highest BCUT2D eigenvalue weighted by atomic mass is 16.5. The van der Waals surface area contributed by atoms with Gasteiger partial charge in [-0.05, 0) is 23.8 Å². The molecule has 1 aliphatic carbocycles. The fourth-order valence-corrected chi connectivity index (χ4v) is 1.47. The molecule has 76 valence electrons. The van der Waals surface area contributed by atoms with Crippen LogP contribution in [0.3, 0.4) is 0 Å². The fraction of sp³-hybridized carbons (Fsp3) is 0.0833. The Morgan fingerprint density at radius 1 is 1.40 bits per heavy atom. The van der Waals surface area contributed by atoms with Crippen LogP contribution in [-0.2, 0) is 9.53 Å². The van der Waals surface area contributed by atoms with Crippen LogP contribution in [0.2, 0.25) is 0 Å². The first kappa shape index (κ1) is 9.52. The fourth-order valence-electron chi connectivity index (χ4n) is 1.47. The lowest BCUT2D eigenvalue weighted by Crippen LogP contribution is -1.93. The Bertz CT molecular complexity index is 470. The third kappa shape index (κ3) is 1.91. The van der Waals surface area contributed by atoms with E-state index >= 15 is 0 Å². The molecule has 2 aliphatic rings. The van der Waals surface area contributed by atoms with Crippen molar-refractivity contribution in [2.45, 2.75) is 0 Å². The van der Waals surface area contributed by atoms with Gasteiger partial charge in [0.2, 0.25) is 0 Å². The zero-order chi connectivity index (χ0) is 10.7. The number of aromatic nitrogens is 1. The van der Waals surface area contributed by atoms with E-state index in [0.717, 1.165) is 16.8 Å². The Hall–Kier alpha value is -2.03. The molecular formula is C12H11NO2. The third-order valence-electron chi connectivity index (χ3n) is 2.23. The standard InChI is InChI=1S/C12H11NO2/c1-15-12(14)7-5-9-4-6-11-10(9)3-2-8-13-11/h2-8,13H,1H3. The van der Waals surface area contributed by atoms with Crippen LogP contribution in [0.15, 0.2) is 36.5 Å². The second kappa shape index (κ2) is 4.00. The normalized spacial score (nSPS) is 11.0. The predicted molar refractivity (Wildman–Crippen MR) is 58.5 cm³/mol. The lowest BCUT2D eigenvalue weighted by Gasteiger charge is -1.99. The second-order valence-electron chi connectivity index (χ2n) is 3.14. The number of ether oxygens (including phenoxy) is 1. The topological polar surface area (TPSA) is 42.1 Å². The lowest BCUT2D eigenvalue weighted by atomic mass is 10.1. The van der Waals surface area contributed by atoms with E-state index in [1.54, 1.807) is 6.08 Å². The molecule has 2 rings (SSSR count). The SMILES string of the molecule is COC(=O)C=Cc1ccc2[nH]cccc1-2. The maximum Gasteiger partial charge on any atom is 0.330 e. The van der Waals surface area contributed by atoms with Crippen molar-refractivity contribution in [3.05, 3.63) is 42.1 Å². The summed E-state index contributed by atoms with van der Waals surface area (Å²) in [6.45, 7) is 0. The summed E-state index contributed by atoms with van der Waals surface area (Å²) in [7, 11) is 1.36. The van der Waals surface area contributed by atoms with Crippen LogP contribution >= 0.6 is 0 Å². The van der Waals surface area contributed by atoms with Gasteiger partial charge < -0.3 is 9.72 Å². The average molecular weight is 201 g/mol. The van der Waals surface area contributed by atoms with Gasteiger partial charge in [-0.2, -0.15) is 0 Å². The second-order valence-corrected chi connectivity index (χ2v) is 3.14. The quantitative estimate of drug-likeness (QED) is 0.598. The van der Waals surface area contributed by atoms with Gasteiger partial charge in [-0.15, -0.1) is 0 Å². The van der Waals surface area contributed by atoms with Crippen molar-refractivity contribution in [1.82, 2.24) is 4.98 Å². The molecule has 1 heterocycles. The molecule has 0 atom stereocenters. The highest BCUT2D eigenvalue weighted by Crippen LogP contribution is 2.26. The van der Waals surface area contributed by atoms with Gasteiger partial charge in [0.25, 0.3) is 0 Å². The van der Waals surface area contributed by atoms with E-state index in [1.807, 2.05) is 30.5 Å². The van der Waals surface area contributed by atoms with Crippen LogP contribution in [0, 0.1) is 0 Å². The molecule has 0 amide bonds. The van der Waals surface area contributed by atoms with Crippen molar-refractivity contribution in [1.29, 1.82) is 0 Å². The minimum absolute atomic E-state index is 0.343. The highest BCUT2D eigenvalue weighted by Gasteiger charge is 2.05. The van der Waals surface area contributed by atoms with Crippen LogP contribution in [0.1, 0.15) is 5.56 Å². The summed E-state index contributed by atoms with van der Waals surface area (Å²) in [6, 6.07) is 7.87. The number of rotatable bonds is 2. The first-order valence-corrected chi connectivity index (χ1v) is 4.63. The number of aromatic amines is 1. The lowest BCUT2D eigenvalue weighted by molar-refractivity contribution is -0.134. The first-order chi connectivity index (χ1) is 7.31. The summed E-state index contributed by atoms with van der Waals surface area (Å²) in [5, 5.41) is 0. The predicted octanol–water partition coefficient (Wildman–Crippen LogP) is 2.31. The maximum atomic E-state index is 10.9. The molecule has 0 saturated heterocycles. The smallest absolute Gasteiger partial charge is 0.330 e. The van der Waals surface area contributed by atoms with Gasteiger partial charge in [-0.1, -0.05) is 12.1 Å². The molecule has 0 unspecified atom stereocenters. The third-order valence-corrected chi connectivity index (χ3v) is 2.23. The molecule has 0 aromatic carbocycles. The Morgan fingerprint density at radius 3 is 3.07 bits per heavy atom. The van der Waals surface area contributed by atoms with E-state index in [2.05, 4.69) is 9.72 Å². The van der Waals surface area contributed by atoms with E-state index in [4.69, 9.17) is 0 Å².